The van der Waals surface area contributed by atoms with Crippen molar-refractivity contribution in [2.75, 3.05) is 25.1 Å². The Morgan fingerprint density at radius 1 is 1.27 bits per heavy atom. The maximum absolute atomic E-state index is 3.51. The van der Waals surface area contributed by atoms with Crippen LogP contribution in [0.2, 0.25) is 0 Å². The van der Waals surface area contributed by atoms with Gasteiger partial charge >= 0.3 is 0 Å². The first-order valence-corrected chi connectivity index (χ1v) is 6.98. The van der Waals surface area contributed by atoms with Crippen LogP contribution in [-0.2, 0) is 0 Å². The SMILES string of the molecule is CSCCCNCC(C)c1ccccc1. The molecular weight excluding hydrogens is 202 g/mol. The number of thioether (sulfide) groups is 1. The molecule has 0 aliphatic heterocycles. The molecule has 1 nitrogen and oxygen atoms in total. The molecule has 0 saturated carbocycles. The molecule has 0 aliphatic rings. The number of nitrogens with one attached hydrogen (secondary N) is 1. The molecule has 1 aromatic carbocycles. The van der Waals surface area contributed by atoms with Crippen LogP contribution in [0.25, 0.3) is 0 Å². The third-order valence-corrected chi connectivity index (χ3v) is 3.22. The summed E-state index contributed by atoms with van der Waals surface area (Å²) < 4.78 is 0. The van der Waals surface area contributed by atoms with Gasteiger partial charge < -0.3 is 5.32 Å². The minimum Gasteiger partial charge on any atom is -0.316 e. The molecule has 1 atom stereocenters. The minimum atomic E-state index is 0.612. The van der Waals surface area contributed by atoms with E-state index in [1.54, 1.807) is 0 Å². The van der Waals surface area contributed by atoms with E-state index in [2.05, 4.69) is 48.8 Å². The molecule has 84 valence electrons. The Labute approximate surface area is 97.7 Å². The van der Waals surface area contributed by atoms with Crippen molar-refractivity contribution >= 4 is 11.8 Å². The monoisotopic (exact) mass is 223 g/mol. The lowest BCUT2D eigenvalue weighted by atomic mass is 10.0. The van der Waals surface area contributed by atoms with Crippen LogP contribution in [0.4, 0.5) is 0 Å². The van der Waals surface area contributed by atoms with Gasteiger partial charge in [0, 0.05) is 6.54 Å². The first-order chi connectivity index (χ1) is 7.34. The molecule has 0 aromatic heterocycles. The first kappa shape index (κ1) is 12.6. The molecule has 1 unspecified atom stereocenters. The molecule has 1 rings (SSSR count). The molecule has 1 aromatic rings. The van der Waals surface area contributed by atoms with E-state index in [1.807, 2.05) is 11.8 Å². The van der Waals surface area contributed by atoms with E-state index in [-0.39, 0.29) is 0 Å². The van der Waals surface area contributed by atoms with Gasteiger partial charge in [0.2, 0.25) is 0 Å². The summed E-state index contributed by atoms with van der Waals surface area (Å²) in [5.41, 5.74) is 1.43. The second-order valence-electron chi connectivity index (χ2n) is 3.86. The number of hydrogen-bond acceptors (Lipinski definition) is 2. The molecule has 0 spiro atoms. The van der Waals surface area contributed by atoms with Crippen LogP contribution in [0.15, 0.2) is 30.3 Å². The van der Waals surface area contributed by atoms with E-state index in [0.29, 0.717) is 5.92 Å². The molecular formula is C13H21NS. The fraction of sp³-hybridized carbons (Fsp3) is 0.538. The van der Waals surface area contributed by atoms with E-state index >= 15 is 0 Å². The van der Waals surface area contributed by atoms with E-state index in [9.17, 15) is 0 Å². The van der Waals surface area contributed by atoms with Gasteiger partial charge in [-0.25, -0.2) is 0 Å². The Kier molecular flexibility index (Phi) is 6.53. The summed E-state index contributed by atoms with van der Waals surface area (Å²) in [6.45, 7) is 4.49. The Hall–Kier alpha value is -0.470. The molecule has 0 heterocycles. The normalized spacial score (nSPS) is 12.7. The van der Waals surface area contributed by atoms with Crippen LogP contribution in [0.3, 0.4) is 0 Å². The maximum atomic E-state index is 3.51. The molecule has 0 saturated heterocycles. The van der Waals surface area contributed by atoms with Crippen molar-refractivity contribution in [2.24, 2.45) is 0 Å². The van der Waals surface area contributed by atoms with Crippen molar-refractivity contribution in [2.45, 2.75) is 19.3 Å². The van der Waals surface area contributed by atoms with Gasteiger partial charge in [-0.3, -0.25) is 0 Å². The lowest BCUT2D eigenvalue weighted by Crippen LogP contribution is -2.21. The topological polar surface area (TPSA) is 12.0 Å². The number of benzene rings is 1. The Bertz CT molecular complexity index is 248. The standard InChI is InChI=1S/C13H21NS/c1-12(11-14-9-6-10-15-2)13-7-4-3-5-8-13/h3-5,7-8,12,14H,6,9-11H2,1-2H3. The molecule has 0 amide bonds. The summed E-state index contributed by atoms with van der Waals surface area (Å²) in [4.78, 5) is 0. The highest BCUT2D eigenvalue weighted by molar-refractivity contribution is 7.98. The van der Waals surface area contributed by atoms with Gasteiger partial charge in [0.1, 0.15) is 0 Å². The molecule has 1 N–H and O–H groups in total. The van der Waals surface area contributed by atoms with Crippen molar-refractivity contribution in [3.8, 4) is 0 Å². The van der Waals surface area contributed by atoms with Crippen LogP contribution in [0, 0.1) is 0 Å². The predicted octanol–water partition coefficient (Wildman–Crippen LogP) is 3.13. The third-order valence-electron chi connectivity index (χ3n) is 2.52. The lowest BCUT2D eigenvalue weighted by Gasteiger charge is -2.12. The van der Waals surface area contributed by atoms with Crippen LogP contribution in [-0.4, -0.2) is 25.1 Å². The van der Waals surface area contributed by atoms with Crippen molar-refractivity contribution in [3.05, 3.63) is 35.9 Å². The average molecular weight is 223 g/mol. The zero-order chi connectivity index (χ0) is 10.9. The largest absolute Gasteiger partial charge is 0.316 e. The molecule has 0 aliphatic carbocycles. The van der Waals surface area contributed by atoms with Gasteiger partial charge in [-0.05, 0) is 36.5 Å². The van der Waals surface area contributed by atoms with E-state index in [4.69, 9.17) is 0 Å². The zero-order valence-corrected chi connectivity index (χ0v) is 10.5. The van der Waals surface area contributed by atoms with Crippen molar-refractivity contribution in [1.29, 1.82) is 0 Å². The van der Waals surface area contributed by atoms with E-state index in [1.165, 1.54) is 17.7 Å². The van der Waals surface area contributed by atoms with Crippen LogP contribution >= 0.6 is 11.8 Å². The van der Waals surface area contributed by atoms with Gasteiger partial charge in [-0.2, -0.15) is 11.8 Å². The van der Waals surface area contributed by atoms with Crippen molar-refractivity contribution in [3.63, 3.8) is 0 Å². The first-order valence-electron chi connectivity index (χ1n) is 5.59. The average Bonchev–Trinajstić information content (AvgIpc) is 2.30. The predicted molar refractivity (Wildman–Crippen MR) is 70.7 cm³/mol. The van der Waals surface area contributed by atoms with Gasteiger partial charge in [0.15, 0.2) is 0 Å². The van der Waals surface area contributed by atoms with E-state index < -0.39 is 0 Å². The molecule has 0 bridgehead atoms. The Balaban J connectivity index is 2.16. The van der Waals surface area contributed by atoms with E-state index in [0.717, 1.165) is 13.1 Å². The van der Waals surface area contributed by atoms with Gasteiger partial charge in [-0.1, -0.05) is 37.3 Å². The quantitative estimate of drug-likeness (QED) is 0.713. The molecule has 0 radical (unpaired) electrons. The Morgan fingerprint density at radius 2 is 2.00 bits per heavy atom. The summed E-state index contributed by atoms with van der Waals surface area (Å²) in [6.07, 6.45) is 3.43. The van der Waals surface area contributed by atoms with Crippen LogP contribution < -0.4 is 5.32 Å². The summed E-state index contributed by atoms with van der Waals surface area (Å²) >= 11 is 1.92. The fourth-order valence-electron chi connectivity index (χ4n) is 1.56. The molecule has 15 heavy (non-hydrogen) atoms. The van der Waals surface area contributed by atoms with Gasteiger partial charge in [-0.15, -0.1) is 0 Å². The highest BCUT2D eigenvalue weighted by atomic mass is 32.2. The highest BCUT2D eigenvalue weighted by Gasteiger charge is 2.02. The summed E-state index contributed by atoms with van der Waals surface area (Å²) in [7, 11) is 0. The summed E-state index contributed by atoms with van der Waals surface area (Å²) in [6, 6.07) is 10.7. The maximum Gasteiger partial charge on any atom is 0.00174 e. The summed E-state index contributed by atoms with van der Waals surface area (Å²) in [5, 5.41) is 3.51. The number of rotatable bonds is 7. The highest BCUT2D eigenvalue weighted by Crippen LogP contribution is 2.12. The van der Waals surface area contributed by atoms with Crippen LogP contribution in [0.5, 0.6) is 0 Å². The summed E-state index contributed by atoms with van der Waals surface area (Å²) in [5.74, 6) is 1.87. The van der Waals surface area contributed by atoms with Gasteiger partial charge in [0.25, 0.3) is 0 Å². The van der Waals surface area contributed by atoms with Crippen molar-refractivity contribution in [1.82, 2.24) is 5.32 Å². The second-order valence-corrected chi connectivity index (χ2v) is 4.85. The smallest absolute Gasteiger partial charge is 0.00174 e. The zero-order valence-electron chi connectivity index (χ0n) is 9.70. The third kappa shape index (κ3) is 5.24. The molecule has 0 fully saturated rings. The lowest BCUT2D eigenvalue weighted by molar-refractivity contribution is 0.611. The minimum absolute atomic E-state index is 0.612. The van der Waals surface area contributed by atoms with Crippen LogP contribution in [0.1, 0.15) is 24.8 Å². The number of hydrogen-bond donors (Lipinski definition) is 1. The fourth-order valence-corrected chi connectivity index (χ4v) is 1.99. The second kappa shape index (κ2) is 7.77. The van der Waals surface area contributed by atoms with Crippen molar-refractivity contribution < 1.29 is 0 Å². The Morgan fingerprint density at radius 3 is 2.67 bits per heavy atom. The molecule has 2 heteroatoms. The van der Waals surface area contributed by atoms with Gasteiger partial charge in [0.05, 0.1) is 0 Å².